The van der Waals surface area contributed by atoms with Gasteiger partial charge in [0.2, 0.25) is 0 Å². The lowest BCUT2D eigenvalue weighted by atomic mass is 10.2. The maximum atomic E-state index is 12.0. The number of nitrogen functional groups attached to an aromatic ring is 1. The Balaban J connectivity index is 1.72. The first-order valence-electron chi connectivity index (χ1n) is 6.51. The fraction of sp³-hybridized carbons (Fsp3) is 0.125. The van der Waals surface area contributed by atoms with Crippen molar-refractivity contribution in [2.75, 3.05) is 5.73 Å². The molecular weight excluding hydrogens is 284 g/mol. The minimum absolute atomic E-state index is 0.153. The number of thiophene rings is 1. The van der Waals surface area contributed by atoms with Crippen LogP contribution in [0.5, 0.6) is 0 Å². The Labute approximate surface area is 126 Å². The second kappa shape index (κ2) is 5.54. The maximum absolute atomic E-state index is 12.0. The minimum atomic E-state index is -0.366. The number of nitrogens with two attached hydrogens (primary N) is 1. The van der Waals surface area contributed by atoms with Crippen molar-refractivity contribution in [2.24, 2.45) is 0 Å². The molecule has 5 heteroatoms. The smallest absolute Gasteiger partial charge is 0.348 e. The molecule has 0 radical (unpaired) electrons. The molecule has 2 N–H and O–H groups in total. The molecule has 0 fully saturated rings. The summed E-state index contributed by atoms with van der Waals surface area (Å²) in [5.74, 6) is -0.366. The largest absolute Gasteiger partial charge is 0.455 e. The summed E-state index contributed by atoms with van der Waals surface area (Å²) in [6.45, 7) is 2.03. The summed E-state index contributed by atoms with van der Waals surface area (Å²) < 4.78 is 5.28. The molecule has 3 rings (SSSR count). The molecule has 0 amide bonds. The van der Waals surface area contributed by atoms with E-state index in [2.05, 4.69) is 4.98 Å². The number of rotatable bonds is 3. The molecule has 0 bridgehead atoms. The molecule has 0 unspecified atom stereocenters. The zero-order valence-electron chi connectivity index (χ0n) is 11.5. The summed E-state index contributed by atoms with van der Waals surface area (Å²) in [6, 6.07) is 13.3. The number of hydrogen-bond donors (Lipinski definition) is 1. The summed E-state index contributed by atoms with van der Waals surface area (Å²) >= 11 is 1.34. The molecule has 3 aromatic rings. The number of aromatic nitrogens is 1. The lowest BCUT2D eigenvalue weighted by Gasteiger charge is -2.04. The van der Waals surface area contributed by atoms with E-state index >= 15 is 0 Å². The van der Waals surface area contributed by atoms with Crippen LogP contribution < -0.4 is 5.73 Å². The number of carbonyl (C=O) groups is 1. The predicted molar refractivity (Wildman–Crippen MR) is 84.3 cm³/mol. The molecule has 2 heterocycles. The monoisotopic (exact) mass is 298 g/mol. The SMILES string of the molecule is Cc1sc(C(=O)OCc2ccc3ccccc3n2)cc1N. The molecular formula is C16H14N2O2S. The number of fused-ring (bicyclic) bond motifs is 1. The molecule has 106 valence electrons. The van der Waals surface area contributed by atoms with Crippen LogP contribution in [0.2, 0.25) is 0 Å². The van der Waals surface area contributed by atoms with Crippen molar-refractivity contribution in [1.82, 2.24) is 4.98 Å². The summed E-state index contributed by atoms with van der Waals surface area (Å²) in [6.07, 6.45) is 0. The van der Waals surface area contributed by atoms with Crippen molar-refractivity contribution in [3.8, 4) is 0 Å². The Morgan fingerprint density at radius 1 is 1.29 bits per heavy atom. The van der Waals surface area contributed by atoms with E-state index in [0.29, 0.717) is 10.6 Å². The number of anilines is 1. The normalized spacial score (nSPS) is 10.7. The van der Waals surface area contributed by atoms with Gasteiger partial charge in [0, 0.05) is 16.0 Å². The van der Waals surface area contributed by atoms with E-state index in [9.17, 15) is 4.79 Å². The predicted octanol–water partition coefficient (Wildman–Crippen LogP) is 3.54. The van der Waals surface area contributed by atoms with Gasteiger partial charge in [-0.2, -0.15) is 0 Å². The number of esters is 1. The van der Waals surface area contributed by atoms with Gasteiger partial charge in [0.1, 0.15) is 11.5 Å². The standard InChI is InChI=1S/C16H14N2O2S/c1-10-13(17)8-15(21-10)16(19)20-9-12-7-6-11-4-2-3-5-14(11)18-12/h2-8H,9,17H2,1H3. The van der Waals surface area contributed by atoms with Crippen LogP contribution in [0.4, 0.5) is 5.69 Å². The average Bonchev–Trinajstić information content (AvgIpc) is 2.84. The van der Waals surface area contributed by atoms with E-state index in [0.717, 1.165) is 21.5 Å². The second-order valence-electron chi connectivity index (χ2n) is 4.69. The zero-order chi connectivity index (χ0) is 14.8. The fourth-order valence-electron chi connectivity index (χ4n) is 2.00. The molecule has 0 aliphatic rings. The number of aryl methyl sites for hydroxylation is 1. The molecule has 0 spiro atoms. The van der Waals surface area contributed by atoms with Gasteiger partial charge in [-0.25, -0.2) is 9.78 Å². The molecule has 0 saturated heterocycles. The van der Waals surface area contributed by atoms with Gasteiger partial charge >= 0.3 is 5.97 Å². The average molecular weight is 298 g/mol. The van der Waals surface area contributed by atoms with Gasteiger partial charge in [-0.3, -0.25) is 0 Å². The molecule has 0 saturated carbocycles. The lowest BCUT2D eigenvalue weighted by molar-refractivity contribution is 0.0474. The first-order chi connectivity index (χ1) is 10.1. The van der Waals surface area contributed by atoms with Crippen LogP contribution in [0.25, 0.3) is 10.9 Å². The highest BCUT2D eigenvalue weighted by Crippen LogP contribution is 2.24. The number of pyridine rings is 1. The van der Waals surface area contributed by atoms with Crippen LogP contribution in [0.3, 0.4) is 0 Å². The number of para-hydroxylation sites is 1. The van der Waals surface area contributed by atoms with Gasteiger partial charge in [-0.1, -0.05) is 24.3 Å². The molecule has 2 aromatic heterocycles. The van der Waals surface area contributed by atoms with Crippen LogP contribution >= 0.6 is 11.3 Å². The quantitative estimate of drug-likeness (QED) is 0.751. The van der Waals surface area contributed by atoms with E-state index in [1.807, 2.05) is 43.3 Å². The Morgan fingerprint density at radius 2 is 2.10 bits per heavy atom. The van der Waals surface area contributed by atoms with Crippen LogP contribution in [-0.4, -0.2) is 11.0 Å². The minimum Gasteiger partial charge on any atom is -0.455 e. The number of carbonyl (C=O) groups excluding carboxylic acids is 1. The van der Waals surface area contributed by atoms with Gasteiger partial charge in [-0.15, -0.1) is 11.3 Å². The number of hydrogen-bond acceptors (Lipinski definition) is 5. The summed E-state index contributed by atoms with van der Waals surface area (Å²) in [4.78, 5) is 17.9. The molecule has 0 aliphatic carbocycles. The summed E-state index contributed by atoms with van der Waals surface area (Å²) in [7, 11) is 0. The van der Waals surface area contributed by atoms with Gasteiger partial charge < -0.3 is 10.5 Å². The van der Waals surface area contributed by atoms with Crippen molar-refractivity contribution in [1.29, 1.82) is 0 Å². The molecule has 0 atom stereocenters. The highest BCUT2D eigenvalue weighted by Gasteiger charge is 2.12. The van der Waals surface area contributed by atoms with Crippen LogP contribution in [-0.2, 0) is 11.3 Å². The Hall–Kier alpha value is -2.40. The van der Waals surface area contributed by atoms with Gasteiger partial charge in [0.05, 0.1) is 11.2 Å². The Kier molecular flexibility index (Phi) is 3.58. The Bertz CT molecular complexity index is 791. The number of ether oxygens (including phenoxy) is 1. The number of nitrogens with zero attached hydrogens (tertiary/aromatic N) is 1. The molecule has 21 heavy (non-hydrogen) atoms. The van der Waals surface area contributed by atoms with Gasteiger partial charge in [0.25, 0.3) is 0 Å². The highest BCUT2D eigenvalue weighted by atomic mass is 32.1. The highest BCUT2D eigenvalue weighted by molar-refractivity contribution is 7.14. The first-order valence-corrected chi connectivity index (χ1v) is 7.33. The van der Waals surface area contributed by atoms with E-state index in [4.69, 9.17) is 10.5 Å². The third-order valence-corrected chi connectivity index (χ3v) is 4.21. The van der Waals surface area contributed by atoms with Gasteiger partial charge in [-0.05, 0) is 25.1 Å². The van der Waals surface area contributed by atoms with Gasteiger partial charge in [0.15, 0.2) is 0 Å². The van der Waals surface area contributed by atoms with E-state index in [1.165, 1.54) is 11.3 Å². The zero-order valence-corrected chi connectivity index (χ0v) is 12.3. The van der Waals surface area contributed by atoms with Crippen LogP contribution in [0.15, 0.2) is 42.5 Å². The number of benzene rings is 1. The van der Waals surface area contributed by atoms with E-state index in [-0.39, 0.29) is 12.6 Å². The van der Waals surface area contributed by atoms with Crippen molar-refractivity contribution in [3.63, 3.8) is 0 Å². The summed E-state index contributed by atoms with van der Waals surface area (Å²) in [5.41, 5.74) is 7.98. The maximum Gasteiger partial charge on any atom is 0.348 e. The molecule has 1 aromatic carbocycles. The second-order valence-corrected chi connectivity index (χ2v) is 5.95. The third kappa shape index (κ3) is 2.87. The first kappa shape index (κ1) is 13.6. The fourth-order valence-corrected chi connectivity index (χ4v) is 2.83. The third-order valence-electron chi connectivity index (χ3n) is 3.16. The van der Waals surface area contributed by atoms with Crippen molar-refractivity contribution >= 4 is 33.9 Å². The van der Waals surface area contributed by atoms with Crippen LogP contribution in [0, 0.1) is 6.92 Å². The summed E-state index contributed by atoms with van der Waals surface area (Å²) in [5, 5.41) is 1.06. The van der Waals surface area contributed by atoms with Crippen molar-refractivity contribution < 1.29 is 9.53 Å². The van der Waals surface area contributed by atoms with Crippen molar-refractivity contribution in [3.05, 3.63) is 57.9 Å². The van der Waals surface area contributed by atoms with E-state index in [1.54, 1.807) is 6.07 Å². The lowest BCUT2D eigenvalue weighted by Crippen LogP contribution is -2.04. The topological polar surface area (TPSA) is 65.2 Å². The molecule has 0 aliphatic heterocycles. The Morgan fingerprint density at radius 3 is 2.86 bits per heavy atom. The van der Waals surface area contributed by atoms with E-state index < -0.39 is 0 Å². The van der Waals surface area contributed by atoms with Crippen molar-refractivity contribution in [2.45, 2.75) is 13.5 Å². The van der Waals surface area contributed by atoms with Crippen LogP contribution in [0.1, 0.15) is 20.2 Å². The molecule has 4 nitrogen and oxygen atoms in total.